The van der Waals surface area contributed by atoms with E-state index in [4.69, 9.17) is 5.11 Å². The molecule has 0 amide bonds. The number of hydrogen-bond acceptors (Lipinski definition) is 2. The van der Waals surface area contributed by atoms with Gasteiger partial charge < -0.3 is 5.11 Å². The van der Waals surface area contributed by atoms with Crippen molar-refractivity contribution < 1.29 is 31.9 Å². The van der Waals surface area contributed by atoms with Gasteiger partial charge in [-0.2, -0.15) is 13.2 Å². The van der Waals surface area contributed by atoms with Gasteiger partial charge in [-0.25, -0.2) is 18.6 Å². The second kappa shape index (κ2) is 4.70. The van der Waals surface area contributed by atoms with Gasteiger partial charge in [0.05, 0.1) is 9.13 Å². The van der Waals surface area contributed by atoms with Crippen LogP contribution in [0.4, 0.5) is 22.0 Å². The number of hydrogen-bond donors (Lipinski definition) is 1. The van der Waals surface area contributed by atoms with Crippen LogP contribution in [0.3, 0.4) is 0 Å². The first-order valence-electron chi connectivity index (χ1n) is 3.93. The van der Waals surface area contributed by atoms with Crippen LogP contribution in [0, 0.1) is 3.57 Å². The van der Waals surface area contributed by atoms with E-state index in [1.165, 1.54) is 22.6 Å². The number of nitrogens with zero attached hydrogens (tertiary/aromatic N) is 1. The highest BCUT2D eigenvalue weighted by molar-refractivity contribution is 14.1. The zero-order chi connectivity index (χ0) is 13.4. The van der Waals surface area contributed by atoms with E-state index < -0.39 is 39.1 Å². The monoisotopic (exact) mass is 367 g/mol. The van der Waals surface area contributed by atoms with E-state index in [2.05, 4.69) is 4.98 Å². The molecule has 1 aromatic rings. The predicted molar refractivity (Wildman–Crippen MR) is 53.9 cm³/mol. The summed E-state index contributed by atoms with van der Waals surface area (Å²) in [6.07, 6.45) is -8.25. The van der Waals surface area contributed by atoms with Crippen LogP contribution >= 0.6 is 22.6 Å². The number of carboxylic acids is 1. The van der Waals surface area contributed by atoms with Crippen molar-refractivity contribution in [3.05, 3.63) is 26.6 Å². The summed E-state index contributed by atoms with van der Waals surface area (Å²) < 4.78 is 61.2. The average Bonchev–Trinajstić information content (AvgIpc) is 2.14. The lowest BCUT2D eigenvalue weighted by Crippen LogP contribution is -2.15. The Morgan fingerprint density at radius 2 is 1.94 bits per heavy atom. The number of carbonyl (C=O) groups is 1. The third kappa shape index (κ3) is 3.01. The Kier molecular flexibility index (Phi) is 3.89. The van der Waals surface area contributed by atoms with E-state index in [-0.39, 0.29) is 6.07 Å². The van der Waals surface area contributed by atoms with Gasteiger partial charge in [0.2, 0.25) is 0 Å². The highest BCUT2D eigenvalue weighted by atomic mass is 127. The molecule has 0 spiro atoms. The highest BCUT2D eigenvalue weighted by Crippen LogP contribution is 2.33. The Hall–Kier alpha value is -1.00. The smallest absolute Gasteiger partial charge is 0.433 e. The summed E-state index contributed by atoms with van der Waals surface area (Å²) >= 11 is 1.23. The summed E-state index contributed by atoms with van der Waals surface area (Å²) in [5, 5.41) is 8.62. The first-order valence-corrected chi connectivity index (χ1v) is 5.01. The van der Waals surface area contributed by atoms with Gasteiger partial charge in [0.25, 0.3) is 6.43 Å². The predicted octanol–water partition coefficient (Wildman–Crippen LogP) is 3.34. The molecule has 0 unspecified atom stereocenters. The number of aromatic nitrogens is 1. The summed E-state index contributed by atoms with van der Waals surface area (Å²) in [5.74, 6) is -1.72. The molecule has 94 valence electrons. The topological polar surface area (TPSA) is 50.2 Å². The van der Waals surface area contributed by atoms with Crippen molar-refractivity contribution in [3.8, 4) is 0 Å². The van der Waals surface area contributed by atoms with Crippen molar-refractivity contribution in [1.82, 2.24) is 4.98 Å². The van der Waals surface area contributed by atoms with Crippen molar-refractivity contribution in [2.24, 2.45) is 0 Å². The molecule has 1 rings (SSSR count). The normalized spacial score (nSPS) is 11.9. The molecule has 0 radical (unpaired) electrons. The van der Waals surface area contributed by atoms with Gasteiger partial charge in [-0.3, -0.25) is 0 Å². The number of halogens is 6. The second-order valence-corrected chi connectivity index (χ2v) is 3.94. The zero-order valence-corrected chi connectivity index (χ0v) is 9.88. The molecule has 17 heavy (non-hydrogen) atoms. The molecule has 0 aliphatic carbocycles. The Balaban J connectivity index is 3.53. The molecule has 0 bridgehead atoms. The zero-order valence-electron chi connectivity index (χ0n) is 7.73. The third-order valence-corrected chi connectivity index (χ3v) is 2.84. The van der Waals surface area contributed by atoms with E-state index in [1.807, 2.05) is 0 Å². The first-order chi connectivity index (χ1) is 7.64. The molecule has 0 aliphatic heterocycles. The number of pyridine rings is 1. The van der Waals surface area contributed by atoms with E-state index in [9.17, 15) is 26.7 Å². The van der Waals surface area contributed by atoms with Crippen molar-refractivity contribution >= 4 is 28.6 Å². The second-order valence-electron chi connectivity index (χ2n) is 2.86. The molecule has 0 fully saturated rings. The SMILES string of the molecule is O=C(O)c1cc(C(F)(F)F)nc(C(F)F)c1I. The van der Waals surface area contributed by atoms with Crippen molar-refractivity contribution in [1.29, 1.82) is 0 Å². The lowest BCUT2D eigenvalue weighted by Gasteiger charge is -2.11. The van der Waals surface area contributed by atoms with Crippen LogP contribution < -0.4 is 0 Å². The molecule has 0 saturated carbocycles. The Bertz CT molecular complexity index is 460. The minimum absolute atomic E-state index is 0.232. The molecule has 1 aromatic heterocycles. The third-order valence-electron chi connectivity index (χ3n) is 1.71. The maximum absolute atomic E-state index is 12.4. The number of aromatic carboxylic acids is 1. The number of rotatable bonds is 2. The number of carboxylic acid groups (broad SMARTS) is 1. The molecule has 0 aliphatic rings. The standard InChI is InChI=1S/C8H3F5INO2/c9-6(10)5-4(14)2(7(16)17)1-3(15-5)8(11,12)13/h1,6H,(H,16,17). The molecule has 0 saturated heterocycles. The summed E-state index contributed by atoms with van der Waals surface area (Å²) in [5.41, 5.74) is -3.67. The van der Waals surface area contributed by atoms with Gasteiger partial charge in [0.15, 0.2) is 0 Å². The van der Waals surface area contributed by atoms with Gasteiger partial charge >= 0.3 is 12.1 Å². The molecular weight excluding hydrogens is 364 g/mol. The maximum Gasteiger partial charge on any atom is 0.433 e. The minimum atomic E-state index is -4.97. The Morgan fingerprint density at radius 1 is 1.41 bits per heavy atom. The first kappa shape index (κ1) is 14.1. The van der Waals surface area contributed by atoms with Gasteiger partial charge in [-0.15, -0.1) is 0 Å². The van der Waals surface area contributed by atoms with Gasteiger partial charge in [0.1, 0.15) is 11.4 Å². The van der Waals surface area contributed by atoms with E-state index >= 15 is 0 Å². The molecule has 1 N–H and O–H groups in total. The van der Waals surface area contributed by atoms with Crippen LogP contribution in [-0.4, -0.2) is 16.1 Å². The fourth-order valence-corrected chi connectivity index (χ4v) is 1.74. The highest BCUT2D eigenvalue weighted by Gasteiger charge is 2.36. The average molecular weight is 367 g/mol. The van der Waals surface area contributed by atoms with Crippen LogP contribution in [0.2, 0.25) is 0 Å². The molecule has 1 heterocycles. The van der Waals surface area contributed by atoms with Crippen LogP contribution in [0.15, 0.2) is 6.07 Å². The van der Waals surface area contributed by atoms with E-state index in [0.717, 1.165) is 0 Å². The lowest BCUT2D eigenvalue weighted by atomic mass is 10.2. The lowest BCUT2D eigenvalue weighted by molar-refractivity contribution is -0.141. The van der Waals surface area contributed by atoms with E-state index in [1.54, 1.807) is 0 Å². The maximum atomic E-state index is 12.4. The largest absolute Gasteiger partial charge is 0.478 e. The van der Waals surface area contributed by atoms with Gasteiger partial charge in [-0.05, 0) is 28.7 Å². The fourth-order valence-electron chi connectivity index (χ4n) is 0.995. The molecule has 0 aromatic carbocycles. The van der Waals surface area contributed by atoms with Crippen LogP contribution in [-0.2, 0) is 6.18 Å². The van der Waals surface area contributed by atoms with Crippen molar-refractivity contribution in [3.63, 3.8) is 0 Å². The van der Waals surface area contributed by atoms with Crippen LogP contribution in [0.5, 0.6) is 0 Å². The summed E-state index contributed by atoms with van der Waals surface area (Å²) in [4.78, 5) is 13.4. The van der Waals surface area contributed by atoms with Crippen LogP contribution in [0.25, 0.3) is 0 Å². The fraction of sp³-hybridized carbons (Fsp3) is 0.250. The molecule has 0 atom stereocenters. The quantitative estimate of drug-likeness (QED) is 0.645. The minimum Gasteiger partial charge on any atom is -0.478 e. The van der Waals surface area contributed by atoms with Crippen molar-refractivity contribution in [2.75, 3.05) is 0 Å². The van der Waals surface area contributed by atoms with Gasteiger partial charge in [0, 0.05) is 0 Å². The van der Waals surface area contributed by atoms with E-state index in [0.29, 0.717) is 0 Å². The Labute approximate surface area is 105 Å². The molecule has 3 nitrogen and oxygen atoms in total. The Morgan fingerprint density at radius 3 is 2.29 bits per heavy atom. The molecular formula is C8H3F5INO2. The van der Waals surface area contributed by atoms with Gasteiger partial charge in [-0.1, -0.05) is 0 Å². The summed E-state index contributed by atoms with van der Waals surface area (Å²) in [6, 6.07) is 0.232. The summed E-state index contributed by atoms with van der Waals surface area (Å²) in [6.45, 7) is 0. The number of alkyl halides is 5. The van der Waals surface area contributed by atoms with Crippen LogP contribution in [0.1, 0.15) is 28.2 Å². The summed E-state index contributed by atoms with van der Waals surface area (Å²) in [7, 11) is 0. The van der Waals surface area contributed by atoms with Crippen molar-refractivity contribution in [2.45, 2.75) is 12.6 Å². The molecule has 9 heteroatoms.